The van der Waals surface area contributed by atoms with Crippen LogP contribution in [0.1, 0.15) is 30.0 Å². The van der Waals surface area contributed by atoms with Gasteiger partial charge in [-0.1, -0.05) is 42.5 Å². The van der Waals surface area contributed by atoms with Crippen LogP contribution in [-0.2, 0) is 14.3 Å². The number of carbonyl (C=O) groups is 2. The normalized spacial score (nSPS) is 23.1. The molecule has 4 rings (SSSR count). The molecule has 0 unspecified atom stereocenters. The number of aliphatic hydroxyl groups is 1. The second-order valence-corrected chi connectivity index (χ2v) is 7.30. The third-order valence-electron chi connectivity index (χ3n) is 5.41. The fourth-order valence-electron chi connectivity index (χ4n) is 3.98. The van der Waals surface area contributed by atoms with Gasteiger partial charge in [0, 0.05) is 30.8 Å². The molecule has 0 aromatic heterocycles. The van der Waals surface area contributed by atoms with Crippen LogP contribution in [-0.4, -0.2) is 45.9 Å². The molecule has 0 spiro atoms. The topological polar surface area (TPSA) is 110 Å². The summed E-state index contributed by atoms with van der Waals surface area (Å²) >= 11 is 0. The number of aliphatic hydroxyl groups excluding tert-OH is 1. The molecule has 2 aromatic rings. The molecule has 2 fully saturated rings. The van der Waals surface area contributed by atoms with E-state index in [1.165, 1.54) is 23.1 Å². The first kappa shape index (κ1) is 19.8. The number of non-ortho nitro benzene ring substituents is 1. The number of nitrogens with zero attached hydrogens (tertiary/aromatic N) is 2. The summed E-state index contributed by atoms with van der Waals surface area (Å²) in [5.41, 5.74) is 0.543. The van der Waals surface area contributed by atoms with Crippen LogP contribution in [0.5, 0.6) is 0 Å². The molecule has 0 radical (unpaired) electrons. The molecular formula is C22H20N2O6. The summed E-state index contributed by atoms with van der Waals surface area (Å²) in [4.78, 5) is 37.9. The number of nitro benzene ring substituents is 1. The summed E-state index contributed by atoms with van der Waals surface area (Å²) in [5.74, 6) is -1.87. The average Bonchev–Trinajstić information content (AvgIpc) is 3.36. The summed E-state index contributed by atoms with van der Waals surface area (Å²) in [6.07, 6.45) is 1.39. The smallest absolute Gasteiger partial charge is 0.295 e. The van der Waals surface area contributed by atoms with Gasteiger partial charge in [0.15, 0.2) is 0 Å². The van der Waals surface area contributed by atoms with Gasteiger partial charge in [0.1, 0.15) is 5.76 Å². The Morgan fingerprint density at radius 3 is 2.60 bits per heavy atom. The molecule has 2 saturated heterocycles. The summed E-state index contributed by atoms with van der Waals surface area (Å²) in [5, 5.41) is 22.2. The van der Waals surface area contributed by atoms with E-state index < -0.39 is 22.7 Å². The highest BCUT2D eigenvalue weighted by Gasteiger charge is 2.47. The predicted octanol–water partition coefficient (Wildman–Crippen LogP) is 3.20. The van der Waals surface area contributed by atoms with E-state index >= 15 is 0 Å². The lowest BCUT2D eigenvalue weighted by molar-refractivity contribution is -0.384. The van der Waals surface area contributed by atoms with Crippen molar-refractivity contribution in [3.05, 3.63) is 81.4 Å². The standard InChI is InChI=1S/C22H20N2O6/c25-20(14-6-2-1-3-7-14)18-19(15-8-4-9-16(12-15)24(28)29)23(22(27)21(18)26)13-17-10-5-11-30-17/h1-4,6-9,12,17,19,25H,5,10-11,13H2/b20-18+/t17-,19-/m1/s1. The minimum atomic E-state index is -0.936. The highest BCUT2D eigenvalue weighted by molar-refractivity contribution is 6.46. The Hall–Kier alpha value is -3.52. The van der Waals surface area contributed by atoms with Crippen molar-refractivity contribution < 1.29 is 24.4 Å². The SMILES string of the molecule is O=C1C(=O)N(C[C@H]2CCCO2)[C@H](c2cccc([N+](=O)[O-])c2)/C1=C(\O)c1ccccc1. The first-order valence-corrected chi connectivity index (χ1v) is 9.67. The molecule has 0 bridgehead atoms. The van der Waals surface area contributed by atoms with E-state index in [0.29, 0.717) is 17.7 Å². The maximum atomic E-state index is 12.9. The number of benzene rings is 2. The molecule has 8 heteroatoms. The van der Waals surface area contributed by atoms with Gasteiger partial charge >= 0.3 is 0 Å². The summed E-state index contributed by atoms with van der Waals surface area (Å²) in [7, 11) is 0. The number of hydrogen-bond acceptors (Lipinski definition) is 6. The van der Waals surface area contributed by atoms with Gasteiger partial charge in [-0.25, -0.2) is 0 Å². The lowest BCUT2D eigenvalue weighted by atomic mass is 9.95. The zero-order valence-corrected chi connectivity index (χ0v) is 16.1. The Bertz CT molecular complexity index is 1030. The maximum Gasteiger partial charge on any atom is 0.295 e. The van der Waals surface area contributed by atoms with Gasteiger partial charge in [-0.3, -0.25) is 19.7 Å². The van der Waals surface area contributed by atoms with Gasteiger partial charge in [0.25, 0.3) is 17.4 Å². The highest BCUT2D eigenvalue weighted by atomic mass is 16.6. The first-order chi connectivity index (χ1) is 14.5. The van der Waals surface area contributed by atoms with Gasteiger partial charge < -0.3 is 14.7 Å². The van der Waals surface area contributed by atoms with Gasteiger partial charge in [0.2, 0.25) is 0 Å². The van der Waals surface area contributed by atoms with E-state index in [2.05, 4.69) is 0 Å². The Balaban J connectivity index is 1.85. The number of carbonyl (C=O) groups excluding carboxylic acids is 2. The zero-order valence-electron chi connectivity index (χ0n) is 16.1. The monoisotopic (exact) mass is 408 g/mol. The number of ether oxygens (including phenoxy) is 1. The molecule has 0 aliphatic carbocycles. The molecular weight excluding hydrogens is 388 g/mol. The van der Waals surface area contributed by atoms with Crippen molar-refractivity contribution in [3.8, 4) is 0 Å². The van der Waals surface area contributed by atoms with E-state index in [4.69, 9.17) is 4.74 Å². The van der Waals surface area contributed by atoms with Crippen molar-refractivity contribution >= 4 is 23.1 Å². The first-order valence-electron chi connectivity index (χ1n) is 9.67. The van der Waals surface area contributed by atoms with E-state index in [0.717, 1.165) is 12.8 Å². The number of Topliss-reactive ketones (excluding diaryl/α,β-unsaturated/α-hetero) is 1. The van der Waals surface area contributed by atoms with Crippen molar-refractivity contribution in [2.75, 3.05) is 13.2 Å². The summed E-state index contributed by atoms with van der Waals surface area (Å²) in [6, 6.07) is 13.3. The molecule has 1 N–H and O–H groups in total. The third-order valence-corrected chi connectivity index (χ3v) is 5.41. The Kier molecular flexibility index (Phi) is 5.33. The molecule has 154 valence electrons. The molecule has 2 atom stereocenters. The van der Waals surface area contributed by atoms with Crippen molar-refractivity contribution in [2.24, 2.45) is 0 Å². The number of rotatable bonds is 5. The molecule has 2 aromatic carbocycles. The van der Waals surface area contributed by atoms with E-state index in [1.54, 1.807) is 36.4 Å². The maximum absolute atomic E-state index is 12.9. The van der Waals surface area contributed by atoms with Gasteiger partial charge in [-0.05, 0) is 18.4 Å². The van der Waals surface area contributed by atoms with Crippen LogP contribution < -0.4 is 0 Å². The van der Waals surface area contributed by atoms with Crippen LogP contribution in [0, 0.1) is 10.1 Å². The Morgan fingerprint density at radius 1 is 1.17 bits per heavy atom. The van der Waals surface area contributed by atoms with E-state index in [9.17, 15) is 24.8 Å². The highest BCUT2D eigenvalue weighted by Crippen LogP contribution is 2.40. The molecule has 2 aliphatic rings. The fraction of sp³-hybridized carbons (Fsp3) is 0.273. The number of nitro groups is 1. The van der Waals surface area contributed by atoms with Gasteiger partial charge in [-0.15, -0.1) is 0 Å². The number of likely N-dealkylation sites (tertiary alicyclic amines) is 1. The van der Waals surface area contributed by atoms with Crippen LogP contribution in [0.3, 0.4) is 0 Å². The molecule has 1 amide bonds. The van der Waals surface area contributed by atoms with Gasteiger partial charge in [0.05, 0.1) is 22.6 Å². The number of amides is 1. The third kappa shape index (κ3) is 3.57. The van der Waals surface area contributed by atoms with Crippen LogP contribution in [0.15, 0.2) is 60.2 Å². The van der Waals surface area contributed by atoms with Crippen molar-refractivity contribution in [3.63, 3.8) is 0 Å². The van der Waals surface area contributed by atoms with Crippen LogP contribution >= 0.6 is 0 Å². The second kappa shape index (κ2) is 8.08. The lowest BCUT2D eigenvalue weighted by Gasteiger charge is -2.27. The van der Waals surface area contributed by atoms with Crippen molar-refractivity contribution in [1.29, 1.82) is 0 Å². The lowest BCUT2D eigenvalue weighted by Crippen LogP contribution is -2.36. The minimum absolute atomic E-state index is 0.0790. The fourth-order valence-corrected chi connectivity index (χ4v) is 3.98. The van der Waals surface area contributed by atoms with E-state index in [-0.39, 0.29) is 29.7 Å². The Labute approximate surface area is 172 Å². The minimum Gasteiger partial charge on any atom is -0.507 e. The van der Waals surface area contributed by atoms with Crippen LogP contribution in [0.4, 0.5) is 5.69 Å². The summed E-state index contributed by atoms with van der Waals surface area (Å²) in [6.45, 7) is 0.754. The van der Waals surface area contributed by atoms with Crippen LogP contribution in [0.25, 0.3) is 5.76 Å². The second-order valence-electron chi connectivity index (χ2n) is 7.30. The van der Waals surface area contributed by atoms with E-state index in [1.807, 2.05) is 0 Å². The van der Waals surface area contributed by atoms with Crippen molar-refractivity contribution in [1.82, 2.24) is 4.90 Å². The number of ketones is 1. The molecule has 30 heavy (non-hydrogen) atoms. The average molecular weight is 408 g/mol. The molecule has 2 heterocycles. The molecule has 0 saturated carbocycles. The largest absolute Gasteiger partial charge is 0.507 e. The number of hydrogen-bond donors (Lipinski definition) is 1. The van der Waals surface area contributed by atoms with Gasteiger partial charge in [-0.2, -0.15) is 0 Å². The zero-order chi connectivity index (χ0) is 21.3. The molecule has 2 aliphatic heterocycles. The van der Waals surface area contributed by atoms with Crippen LogP contribution in [0.2, 0.25) is 0 Å². The summed E-state index contributed by atoms with van der Waals surface area (Å²) < 4.78 is 5.63. The van der Waals surface area contributed by atoms with Crippen molar-refractivity contribution in [2.45, 2.75) is 25.0 Å². The quantitative estimate of drug-likeness (QED) is 0.267. The predicted molar refractivity (Wildman–Crippen MR) is 108 cm³/mol. The Morgan fingerprint density at radius 2 is 1.93 bits per heavy atom. The molecule has 8 nitrogen and oxygen atoms in total.